The molecule has 5 nitrogen and oxygen atoms in total. The summed E-state index contributed by atoms with van der Waals surface area (Å²) in [6, 6.07) is 11.2. The average Bonchev–Trinajstić information content (AvgIpc) is 2.65. The molecule has 1 atom stereocenters. The van der Waals surface area contributed by atoms with Crippen LogP contribution < -0.4 is 0 Å². The first-order valence-electron chi connectivity index (χ1n) is 9.51. The average molecular weight is 365 g/mol. The van der Waals surface area contributed by atoms with Crippen LogP contribution in [0.3, 0.4) is 0 Å². The lowest BCUT2D eigenvalue weighted by atomic mass is 9.97. The van der Waals surface area contributed by atoms with Gasteiger partial charge in [-0.2, -0.15) is 0 Å². The molecule has 0 saturated carbocycles. The Morgan fingerprint density at radius 2 is 1.89 bits per heavy atom. The molecule has 1 aliphatic rings. The predicted molar refractivity (Wildman–Crippen MR) is 106 cm³/mol. The van der Waals surface area contributed by atoms with Gasteiger partial charge in [-0.15, -0.1) is 0 Å². The highest BCUT2D eigenvalue weighted by Crippen LogP contribution is 2.27. The summed E-state index contributed by atoms with van der Waals surface area (Å²) in [5.41, 5.74) is 3.10. The number of hydrogen-bond donors (Lipinski definition) is 0. The van der Waals surface area contributed by atoms with Crippen LogP contribution >= 0.6 is 0 Å². The van der Waals surface area contributed by atoms with E-state index >= 15 is 0 Å². The maximum absolute atomic E-state index is 13.4. The van der Waals surface area contributed by atoms with E-state index in [-0.39, 0.29) is 11.8 Å². The summed E-state index contributed by atoms with van der Waals surface area (Å²) in [6.07, 6.45) is 1.73. The van der Waals surface area contributed by atoms with E-state index in [0.717, 1.165) is 17.7 Å². The van der Waals surface area contributed by atoms with E-state index in [0.29, 0.717) is 30.3 Å². The van der Waals surface area contributed by atoms with Crippen LogP contribution in [-0.4, -0.2) is 52.3 Å². The van der Waals surface area contributed by atoms with E-state index in [1.807, 2.05) is 55.1 Å². The number of rotatable bonds is 4. The highest BCUT2D eigenvalue weighted by molar-refractivity contribution is 6.04. The van der Waals surface area contributed by atoms with Gasteiger partial charge >= 0.3 is 0 Å². The third-order valence-electron chi connectivity index (χ3n) is 5.03. The molecule has 142 valence electrons. The molecule has 1 aliphatic heterocycles. The summed E-state index contributed by atoms with van der Waals surface area (Å²) < 4.78 is 0. The van der Waals surface area contributed by atoms with Crippen molar-refractivity contribution in [1.29, 1.82) is 0 Å². The topological polar surface area (TPSA) is 53.5 Å². The van der Waals surface area contributed by atoms with Gasteiger partial charge in [0, 0.05) is 25.8 Å². The molecule has 27 heavy (non-hydrogen) atoms. The molecule has 3 rings (SSSR count). The van der Waals surface area contributed by atoms with Gasteiger partial charge in [0.1, 0.15) is 6.04 Å². The van der Waals surface area contributed by atoms with Gasteiger partial charge in [0.15, 0.2) is 0 Å². The first-order valence-corrected chi connectivity index (χ1v) is 9.51. The van der Waals surface area contributed by atoms with Gasteiger partial charge in [-0.1, -0.05) is 44.2 Å². The SMILES string of the molecule is Cc1nccc(-c2ccccc2)c1C(=O)N1CCN(CC(C)C)C(=O)[C@H]1C. The lowest BCUT2D eigenvalue weighted by Gasteiger charge is -2.40. The molecule has 1 aromatic heterocycles. The summed E-state index contributed by atoms with van der Waals surface area (Å²) in [5, 5.41) is 0. The minimum Gasteiger partial charge on any atom is -0.339 e. The van der Waals surface area contributed by atoms with Crippen LogP contribution in [0.2, 0.25) is 0 Å². The fraction of sp³-hybridized carbons (Fsp3) is 0.409. The Morgan fingerprint density at radius 3 is 2.56 bits per heavy atom. The monoisotopic (exact) mass is 365 g/mol. The van der Waals surface area contributed by atoms with E-state index in [4.69, 9.17) is 0 Å². The number of nitrogens with zero attached hydrogens (tertiary/aromatic N) is 3. The Morgan fingerprint density at radius 1 is 1.19 bits per heavy atom. The number of piperazine rings is 1. The van der Waals surface area contributed by atoms with Crippen molar-refractivity contribution in [2.45, 2.75) is 33.7 Å². The van der Waals surface area contributed by atoms with E-state index < -0.39 is 6.04 Å². The zero-order valence-electron chi connectivity index (χ0n) is 16.5. The van der Waals surface area contributed by atoms with Crippen molar-refractivity contribution in [3.8, 4) is 11.1 Å². The predicted octanol–water partition coefficient (Wildman–Crippen LogP) is 3.39. The van der Waals surface area contributed by atoms with Crippen molar-refractivity contribution in [3.63, 3.8) is 0 Å². The van der Waals surface area contributed by atoms with E-state index in [1.165, 1.54) is 0 Å². The Bertz CT molecular complexity index is 833. The van der Waals surface area contributed by atoms with Gasteiger partial charge < -0.3 is 9.80 Å². The molecule has 0 aliphatic carbocycles. The second-order valence-electron chi connectivity index (χ2n) is 7.54. The molecule has 0 unspecified atom stereocenters. The fourth-order valence-corrected chi connectivity index (χ4v) is 3.67. The lowest BCUT2D eigenvalue weighted by Crippen LogP contribution is -2.58. The van der Waals surface area contributed by atoms with Crippen molar-refractivity contribution in [2.24, 2.45) is 5.92 Å². The van der Waals surface area contributed by atoms with Gasteiger partial charge in [0.25, 0.3) is 5.91 Å². The number of aromatic nitrogens is 1. The molecular formula is C22H27N3O2. The summed E-state index contributed by atoms with van der Waals surface area (Å²) in [5.74, 6) is 0.309. The van der Waals surface area contributed by atoms with Crippen molar-refractivity contribution < 1.29 is 9.59 Å². The first-order chi connectivity index (χ1) is 12.9. The van der Waals surface area contributed by atoms with Crippen molar-refractivity contribution in [1.82, 2.24) is 14.8 Å². The molecule has 2 amide bonds. The molecule has 2 heterocycles. The van der Waals surface area contributed by atoms with Crippen LogP contribution in [0.5, 0.6) is 0 Å². The number of aryl methyl sites for hydroxylation is 1. The third-order valence-corrected chi connectivity index (χ3v) is 5.03. The van der Waals surface area contributed by atoms with Crippen LogP contribution in [0.25, 0.3) is 11.1 Å². The molecule has 1 fully saturated rings. The second-order valence-corrected chi connectivity index (χ2v) is 7.54. The number of pyridine rings is 1. The van der Waals surface area contributed by atoms with Gasteiger partial charge in [-0.3, -0.25) is 14.6 Å². The molecule has 1 aromatic carbocycles. The van der Waals surface area contributed by atoms with Crippen LogP contribution in [-0.2, 0) is 4.79 Å². The molecule has 0 spiro atoms. The number of benzene rings is 1. The summed E-state index contributed by atoms with van der Waals surface area (Å²) in [6.45, 7) is 9.71. The summed E-state index contributed by atoms with van der Waals surface area (Å²) in [7, 11) is 0. The quantitative estimate of drug-likeness (QED) is 0.835. The minimum absolute atomic E-state index is 0.0195. The summed E-state index contributed by atoms with van der Waals surface area (Å²) >= 11 is 0. The zero-order valence-corrected chi connectivity index (χ0v) is 16.5. The fourth-order valence-electron chi connectivity index (χ4n) is 3.67. The van der Waals surface area contributed by atoms with Crippen molar-refractivity contribution in [2.75, 3.05) is 19.6 Å². The van der Waals surface area contributed by atoms with Gasteiger partial charge in [0.2, 0.25) is 5.91 Å². The molecule has 5 heteroatoms. The number of carbonyl (C=O) groups excluding carboxylic acids is 2. The lowest BCUT2D eigenvalue weighted by molar-refractivity contribution is -0.140. The van der Waals surface area contributed by atoms with E-state index in [9.17, 15) is 9.59 Å². The van der Waals surface area contributed by atoms with Gasteiger partial charge in [0.05, 0.1) is 11.3 Å². The summed E-state index contributed by atoms with van der Waals surface area (Å²) in [4.78, 5) is 34.1. The second kappa shape index (κ2) is 7.91. The van der Waals surface area contributed by atoms with Crippen LogP contribution in [0, 0.1) is 12.8 Å². The molecular weight excluding hydrogens is 338 g/mol. The maximum Gasteiger partial charge on any atom is 0.257 e. The van der Waals surface area contributed by atoms with E-state index in [1.54, 1.807) is 11.1 Å². The number of hydrogen-bond acceptors (Lipinski definition) is 3. The first kappa shape index (κ1) is 19.1. The van der Waals surface area contributed by atoms with E-state index in [2.05, 4.69) is 18.8 Å². The third kappa shape index (κ3) is 3.87. The highest BCUT2D eigenvalue weighted by atomic mass is 16.2. The Hall–Kier alpha value is -2.69. The van der Waals surface area contributed by atoms with Gasteiger partial charge in [-0.25, -0.2) is 0 Å². The van der Waals surface area contributed by atoms with Crippen LogP contribution in [0.4, 0.5) is 0 Å². The number of carbonyl (C=O) groups is 2. The molecule has 0 bridgehead atoms. The Balaban J connectivity index is 1.92. The molecule has 0 radical (unpaired) electrons. The Labute approximate surface area is 161 Å². The van der Waals surface area contributed by atoms with Crippen molar-refractivity contribution in [3.05, 3.63) is 53.9 Å². The number of amides is 2. The largest absolute Gasteiger partial charge is 0.339 e. The molecule has 0 N–H and O–H groups in total. The van der Waals surface area contributed by atoms with Crippen LogP contribution in [0.1, 0.15) is 36.8 Å². The standard InChI is InChI=1S/C22H27N3O2/c1-15(2)14-24-12-13-25(17(4)21(24)26)22(27)20-16(3)23-11-10-19(20)18-8-6-5-7-9-18/h5-11,15,17H,12-14H2,1-4H3/t17-/m1/s1. The van der Waals surface area contributed by atoms with Crippen LogP contribution in [0.15, 0.2) is 42.6 Å². The highest BCUT2D eigenvalue weighted by Gasteiger charge is 2.36. The zero-order chi connectivity index (χ0) is 19.6. The normalized spacial score (nSPS) is 17.5. The smallest absolute Gasteiger partial charge is 0.257 e. The maximum atomic E-state index is 13.4. The molecule has 2 aromatic rings. The molecule has 1 saturated heterocycles. The minimum atomic E-state index is -0.465. The van der Waals surface area contributed by atoms with Crippen molar-refractivity contribution >= 4 is 11.8 Å². The Kier molecular flexibility index (Phi) is 5.59. The van der Waals surface area contributed by atoms with Gasteiger partial charge in [-0.05, 0) is 37.0 Å².